The Labute approximate surface area is 112 Å². The maximum Gasteiger partial charge on any atom is 0.254 e. The van der Waals surface area contributed by atoms with Gasteiger partial charge in [-0.25, -0.2) is 0 Å². The van der Waals surface area contributed by atoms with Gasteiger partial charge in [-0.15, -0.1) is 0 Å². The third-order valence-electron chi connectivity index (χ3n) is 3.57. The molecule has 98 valence electrons. The molecule has 0 aromatic heterocycles. The molecule has 0 spiro atoms. The van der Waals surface area contributed by atoms with Crippen LogP contribution in [0.4, 0.5) is 0 Å². The van der Waals surface area contributed by atoms with Gasteiger partial charge in [0.05, 0.1) is 13.2 Å². The summed E-state index contributed by atoms with van der Waals surface area (Å²) in [6.45, 7) is 4.68. The van der Waals surface area contributed by atoms with E-state index < -0.39 is 0 Å². The Hall–Kier alpha value is -1.87. The Balaban J connectivity index is 2.03. The van der Waals surface area contributed by atoms with Crippen LogP contribution >= 0.6 is 0 Å². The minimum atomic E-state index is 0.111. The van der Waals surface area contributed by atoms with Crippen molar-refractivity contribution >= 4 is 16.7 Å². The number of fused-ring (bicyclic) bond motifs is 1. The minimum Gasteiger partial charge on any atom is -0.378 e. The second-order valence-electron chi connectivity index (χ2n) is 4.93. The molecule has 0 aliphatic carbocycles. The zero-order valence-corrected chi connectivity index (χ0v) is 11.1. The molecule has 1 heterocycles. The van der Waals surface area contributed by atoms with E-state index in [4.69, 9.17) is 4.74 Å². The number of carbonyl (C=O) groups excluding carboxylic acids is 1. The molecule has 0 unspecified atom stereocenters. The number of rotatable bonds is 1. The summed E-state index contributed by atoms with van der Waals surface area (Å²) in [5.74, 6) is 0.111. The third-order valence-corrected chi connectivity index (χ3v) is 3.57. The summed E-state index contributed by atoms with van der Waals surface area (Å²) in [5, 5.41) is 2.16. The van der Waals surface area contributed by atoms with E-state index in [1.54, 1.807) is 0 Å². The van der Waals surface area contributed by atoms with Crippen LogP contribution in [-0.4, -0.2) is 37.1 Å². The maximum atomic E-state index is 12.6. The lowest BCUT2D eigenvalue weighted by Gasteiger charge is -2.27. The number of ether oxygens (including phenoxy) is 1. The van der Waals surface area contributed by atoms with Crippen molar-refractivity contribution in [3.63, 3.8) is 0 Å². The van der Waals surface area contributed by atoms with Crippen LogP contribution in [-0.2, 0) is 4.74 Å². The molecule has 3 nitrogen and oxygen atoms in total. The number of hydrogen-bond acceptors (Lipinski definition) is 2. The first-order valence-corrected chi connectivity index (χ1v) is 6.62. The molecule has 1 amide bonds. The molecule has 0 saturated carbocycles. The van der Waals surface area contributed by atoms with Gasteiger partial charge in [-0.2, -0.15) is 0 Å². The molecular weight excluding hydrogens is 238 g/mol. The summed E-state index contributed by atoms with van der Waals surface area (Å²) in [4.78, 5) is 14.5. The van der Waals surface area contributed by atoms with Crippen molar-refractivity contribution in [2.75, 3.05) is 26.3 Å². The topological polar surface area (TPSA) is 29.5 Å². The van der Waals surface area contributed by atoms with Crippen LogP contribution in [0.5, 0.6) is 0 Å². The van der Waals surface area contributed by atoms with Gasteiger partial charge in [0.2, 0.25) is 0 Å². The lowest BCUT2D eigenvalue weighted by atomic mass is 10.0. The average Bonchev–Trinajstić information content (AvgIpc) is 2.47. The highest BCUT2D eigenvalue weighted by atomic mass is 16.5. The largest absolute Gasteiger partial charge is 0.378 e. The molecule has 1 fully saturated rings. The van der Waals surface area contributed by atoms with E-state index in [0.717, 1.165) is 16.3 Å². The van der Waals surface area contributed by atoms with Gasteiger partial charge >= 0.3 is 0 Å². The number of nitrogens with zero attached hydrogens (tertiary/aromatic N) is 1. The van der Waals surface area contributed by atoms with Gasteiger partial charge in [0.25, 0.3) is 5.91 Å². The van der Waals surface area contributed by atoms with Gasteiger partial charge in [-0.3, -0.25) is 4.79 Å². The quantitative estimate of drug-likeness (QED) is 0.784. The first-order valence-electron chi connectivity index (χ1n) is 6.62. The van der Waals surface area contributed by atoms with Crippen LogP contribution in [0, 0.1) is 6.92 Å². The van der Waals surface area contributed by atoms with Gasteiger partial charge in [-0.1, -0.05) is 35.9 Å². The molecule has 2 aromatic carbocycles. The Morgan fingerprint density at radius 3 is 2.74 bits per heavy atom. The van der Waals surface area contributed by atoms with Crippen molar-refractivity contribution in [3.05, 3.63) is 47.5 Å². The van der Waals surface area contributed by atoms with Crippen molar-refractivity contribution in [3.8, 4) is 0 Å². The first-order chi connectivity index (χ1) is 9.25. The van der Waals surface area contributed by atoms with Crippen LogP contribution in [0.2, 0.25) is 0 Å². The number of carbonyl (C=O) groups is 1. The Bertz CT molecular complexity index is 615. The van der Waals surface area contributed by atoms with Gasteiger partial charge in [-0.05, 0) is 23.8 Å². The van der Waals surface area contributed by atoms with Crippen LogP contribution < -0.4 is 0 Å². The van der Waals surface area contributed by atoms with Gasteiger partial charge < -0.3 is 9.64 Å². The molecule has 3 heteroatoms. The third kappa shape index (κ3) is 2.34. The molecule has 1 aliphatic heterocycles. The SMILES string of the molecule is Cc1ccc2cccc(C(=O)N3CCOCC3)c2c1. The Morgan fingerprint density at radius 2 is 1.95 bits per heavy atom. The molecule has 0 bridgehead atoms. The number of morpholine rings is 1. The van der Waals surface area contributed by atoms with E-state index in [9.17, 15) is 4.79 Å². The van der Waals surface area contributed by atoms with E-state index in [-0.39, 0.29) is 5.91 Å². The summed E-state index contributed by atoms with van der Waals surface area (Å²) in [6, 6.07) is 12.1. The Morgan fingerprint density at radius 1 is 1.16 bits per heavy atom. The second-order valence-corrected chi connectivity index (χ2v) is 4.93. The van der Waals surface area contributed by atoms with E-state index in [2.05, 4.69) is 25.1 Å². The molecule has 0 N–H and O–H groups in total. The summed E-state index contributed by atoms with van der Waals surface area (Å²) in [5.41, 5.74) is 1.97. The van der Waals surface area contributed by atoms with E-state index >= 15 is 0 Å². The minimum absolute atomic E-state index is 0.111. The second kappa shape index (κ2) is 5.02. The van der Waals surface area contributed by atoms with Gasteiger partial charge in [0.1, 0.15) is 0 Å². The standard InChI is InChI=1S/C16H17NO2/c1-12-5-6-13-3-2-4-14(15(13)11-12)16(18)17-7-9-19-10-8-17/h2-6,11H,7-10H2,1H3. The average molecular weight is 255 g/mol. The van der Waals surface area contributed by atoms with Crippen molar-refractivity contribution in [2.45, 2.75) is 6.92 Å². The highest BCUT2D eigenvalue weighted by Crippen LogP contribution is 2.22. The predicted molar refractivity (Wildman–Crippen MR) is 75.4 cm³/mol. The van der Waals surface area contributed by atoms with E-state index in [1.165, 1.54) is 5.56 Å². The van der Waals surface area contributed by atoms with Crippen LogP contribution in [0.25, 0.3) is 10.8 Å². The normalized spacial score (nSPS) is 15.7. The molecule has 3 rings (SSSR count). The summed E-state index contributed by atoms with van der Waals surface area (Å²) >= 11 is 0. The molecule has 19 heavy (non-hydrogen) atoms. The summed E-state index contributed by atoms with van der Waals surface area (Å²) in [7, 11) is 0. The molecule has 0 atom stereocenters. The molecular formula is C16H17NO2. The van der Waals surface area contributed by atoms with Crippen molar-refractivity contribution in [2.24, 2.45) is 0 Å². The lowest BCUT2D eigenvalue weighted by Crippen LogP contribution is -2.40. The molecule has 1 aliphatic rings. The maximum absolute atomic E-state index is 12.6. The highest BCUT2D eigenvalue weighted by Gasteiger charge is 2.20. The number of amides is 1. The van der Waals surface area contributed by atoms with Crippen LogP contribution in [0.1, 0.15) is 15.9 Å². The monoisotopic (exact) mass is 255 g/mol. The Kier molecular flexibility index (Phi) is 3.22. The van der Waals surface area contributed by atoms with Gasteiger partial charge in [0, 0.05) is 18.7 Å². The summed E-state index contributed by atoms with van der Waals surface area (Å²) < 4.78 is 5.30. The van der Waals surface area contributed by atoms with E-state index in [1.807, 2.05) is 23.1 Å². The fourth-order valence-corrected chi connectivity index (χ4v) is 2.51. The fourth-order valence-electron chi connectivity index (χ4n) is 2.51. The highest BCUT2D eigenvalue weighted by molar-refractivity contribution is 6.07. The molecule has 0 radical (unpaired) electrons. The lowest BCUT2D eigenvalue weighted by molar-refractivity contribution is 0.0304. The molecule has 1 saturated heterocycles. The predicted octanol–water partition coefficient (Wildman–Crippen LogP) is 2.62. The molecule has 2 aromatic rings. The summed E-state index contributed by atoms with van der Waals surface area (Å²) in [6.07, 6.45) is 0. The van der Waals surface area contributed by atoms with Crippen molar-refractivity contribution in [1.29, 1.82) is 0 Å². The van der Waals surface area contributed by atoms with Crippen LogP contribution in [0.15, 0.2) is 36.4 Å². The number of hydrogen-bond donors (Lipinski definition) is 0. The fraction of sp³-hybridized carbons (Fsp3) is 0.312. The zero-order valence-electron chi connectivity index (χ0n) is 11.1. The zero-order chi connectivity index (χ0) is 13.2. The number of aryl methyl sites for hydroxylation is 1. The van der Waals surface area contributed by atoms with Crippen molar-refractivity contribution in [1.82, 2.24) is 4.90 Å². The number of benzene rings is 2. The smallest absolute Gasteiger partial charge is 0.254 e. The first kappa shape index (κ1) is 12.2. The van der Waals surface area contributed by atoms with Crippen molar-refractivity contribution < 1.29 is 9.53 Å². The van der Waals surface area contributed by atoms with Crippen LogP contribution in [0.3, 0.4) is 0 Å². The van der Waals surface area contributed by atoms with E-state index in [0.29, 0.717) is 26.3 Å². The van der Waals surface area contributed by atoms with Gasteiger partial charge in [0.15, 0.2) is 0 Å².